The summed E-state index contributed by atoms with van der Waals surface area (Å²) in [5, 5.41) is 14.9. The van der Waals surface area contributed by atoms with Gasteiger partial charge < -0.3 is 14.4 Å². The Bertz CT molecular complexity index is 739. The predicted molar refractivity (Wildman–Crippen MR) is 91.9 cm³/mol. The molecule has 2 aromatic heterocycles. The maximum atomic E-state index is 12.1. The molecule has 2 aromatic rings. The van der Waals surface area contributed by atoms with Crippen LogP contribution >= 0.6 is 0 Å². The van der Waals surface area contributed by atoms with Gasteiger partial charge in [-0.25, -0.2) is 0 Å². The Morgan fingerprint density at radius 3 is 2.88 bits per heavy atom. The van der Waals surface area contributed by atoms with Crippen molar-refractivity contribution in [3.05, 3.63) is 23.5 Å². The van der Waals surface area contributed by atoms with Gasteiger partial charge in [0.1, 0.15) is 17.4 Å². The van der Waals surface area contributed by atoms with Crippen LogP contribution in [0.4, 0.5) is 5.82 Å². The van der Waals surface area contributed by atoms with Gasteiger partial charge in [-0.1, -0.05) is 5.16 Å². The molecule has 3 rings (SSSR count). The van der Waals surface area contributed by atoms with Crippen molar-refractivity contribution in [2.45, 2.75) is 32.9 Å². The average molecular weight is 347 g/mol. The third-order valence-corrected chi connectivity index (χ3v) is 4.71. The fourth-order valence-electron chi connectivity index (χ4n) is 3.07. The van der Waals surface area contributed by atoms with E-state index in [1.807, 2.05) is 18.5 Å². The first kappa shape index (κ1) is 17.6. The van der Waals surface area contributed by atoms with E-state index in [4.69, 9.17) is 4.52 Å². The summed E-state index contributed by atoms with van der Waals surface area (Å²) in [6, 6.07) is 2.11. The molecule has 25 heavy (non-hydrogen) atoms. The lowest BCUT2D eigenvalue weighted by Crippen LogP contribution is -2.37. The molecule has 0 unspecified atom stereocenters. The van der Waals surface area contributed by atoms with Crippen molar-refractivity contribution in [2.75, 3.05) is 32.0 Å². The van der Waals surface area contributed by atoms with Gasteiger partial charge in [0.25, 0.3) is 0 Å². The number of rotatable bonds is 6. The van der Waals surface area contributed by atoms with Crippen molar-refractivity contribution in [3.8, 4) is 0 Å². The van der Waals surface area contributed by atoms with Crippen LogP contribution in [0.1, 0.15) is 23.8 Å². The number of amides is 1. The second-order valence-electron chi connectivity index (χ2n) is 6.69. The number of anilines is 1. The number of aryl methyl sites for hydroxylation is 2. The Labute approximate surface area is 147 Å². The molecule has 1 aliphatic rings. The molecule has 0 radical (unpaired) electrons. The molecule has 3 heterocycles. The molecule has 0 saturated carbocycles. The Morgan fingerprint density at radius 1 is 1.44 bits per heavy atom. The molecule has 1 fully saturated rings. The molecule has 1 aliphatic heterocycles. The molecule has 136 valence electrons. The monoisotopic (exact) mass is 347 g/mol. The first-order valence-electron chi connectivity index (χ1n) is 8.43. The van der Waals surface area contributed by atoms with Gasteiger partial charge in [0.15, 0.2) is 5.82 Å². The maximum absolute atomic E-state index is 12.1. The van der Waals surface area contributed by atoms with E-state index in [2.05, 4.69) is 37.5 Å². The number of nitrogens with zero attached hydrogens (tertiary/aromatic N) is 6. The molecule has 1 saturated heterocycles. The summed E-state index contributed by atoms with van der Waals surface area (Å²) in [5.74, 6) is 2.94. The largest absolute Gasteiger partial charge is 0.360 e. The average Bonchev–Trinajstić information content (AvgIpc) is 3.25. The van der Waals surface area contributed by atoms with Crippen molar-refractivity contribution in [1.82, 2.24) is 29.7 Å². The van der Waals surface area contributed by atoms with E-state index in [1.165, 1.54) is 0 Å². The third kappa shape index (κ3) is 4.23. The van der Waals surface area contributed by atoms with Crippen LogP contribution in [0.2, 0.25) is 0 Å². The van der Waals surface area contributed by atoms with Crippen molar-refractivity contribution in [1.29, 1.82) is 0 Å². The quantitative estimate of drug-likeness (QED) is 0.816. The molecule has 1 atom stereocenters. The highest BCUT2D eigenvalue weighted by Gasteiger charge is 2.27. The molecular weight excluding hydrogens is 322 g/mol. The lowest BCUT2D eigenvalue weighted by atomic mass is 10.2. The van der Waals surface area contributed by atoms with Gasteiger partial charge in [-0.2, -0.15) is 0 Å². The van der Waals surface area contributed by atoms with Crippen LogP contribution in [-0.2, 0) is 18.4 Å². The lowest BCUT2D eigenvalue weighted by molar-refractivity contribution is -0.117. The summed E-state index contributed by atoms with van der Waals surface area (Å²) in [5.41, 5.74) is 0. The Balaban J connectivity index is 1.47. The van der Waals surface area contributed by atoms with Gasteiger partial charge in [0, 0.05) is 32.2 Å². The molecule has 9 heteroatoms. The highest BCUT2D eigenvalue weighted by molar-refractivity contribution is 5.91. The number of likely N-dealkylation sites (N-methyl/N-ethyl adjacent to an activating group) is 1. The van der Waals surface area contributed by atoms with E-state index < -0.39 is 0 Å². The van der Waals surface area contributed by atoms with Crippen molar-refractivity contribution in [3.63, 3.8) is 0 Å². The van der Waals surface area contributed by atoms with E-state index in [0.717, 1.165) is 37.7 Å². The van der Waals surface area contributed by atoms with Crippen LogP contribution in [-0.4, -0.2) is 68.4 Å². The van der Waals surface area contributed by atoms with E-state index in [0.29, 0.717) is 24.2 Å². The van der Waals surface area contributed by atoms with Gasteiger partial charge in [-0.05, 0) is 27.3 Å². The number of carbonyl (C=O) groups excluding carboxylic acids is 1. The molecule has 0 bridgehead atoms. The van der Waals surface area contributed by atoms with Crippen LogP contribution in [0.3, 0.4) is 0 Å². The second kappa shape index (κ2) is 7.32. The molecule has 9 nitrogen and oxygen atoms in total. The van der Waals surface area contributed by atoms with E-state index >= 15 is 0 Å². The van der Waals surface area contributed by atoms with Gasteiger partial charge in [0.05, 0.1) is 13.1 Å². The fraction of sp³-hybridized carbons (Fsp3) is 0.625. The normalized spacial score (nSPS) is 18.2. The van der Waals surface area contributed by atoms with E-state index in [-0.39, 0.29) is 5.91 Å². The highest BCUT2D eigenvalue weighted by Crippen LogP contribution is 2.16. The molecular formula is C16H25N7O2. The smallest absolute Gasteiger partial charge is 0.239 e. The van der Waals surface area contributed by atoms with Crippen molar-refractivity contribution >= 4 is 11.7 Å². The SMILES string of the molecule is Cc1cc(NC(=O)CN2CC[C@@H](N(C)Cc3nnc(C)n3C)C2)no1. The summed E-state index contributed by atoms with van der Waals surface area (Å²) >= 11 is 0. The van der Waals surface area contributed by atoms with E-state index in [1.54, 1.807) is 13.0 Å². The summed E-state index contributed by atoms with van der Waals surface area (Å²) in [7, 11) is 4.08. The summed E-state index contributed by atoms with van der Waals surface area (Å²) in [6.45, 7) is 6.61. The minimum Gasteiger partial charge on any atom is -0.360 e. The minimum absolute atomic E-state index is 0.0690. The standard InChI is InChI=1S/C16H25N7O2/c1-11-7-14(20-25-11)17-16(24)10-23-6-5-13(8-23)21(3)9-15-19-18-12(2)22(15)4/h7,13H,5-6,8-10H2,1-4H3,(H,17,20,24)/t13-/m1/s1. The fourth-order valence-corrected chi connectivity index (χ4v) is 3.07. The predicted octanol–water partition coefficient (Wildman–Crippen LogP) is 0.565. The summed E-state index contributed by atoms with van der Waals surface area (Å²) < 4.78 is 6.96. The first-order chi connectivity index (χ1) is 11.9. The number of hydrogen-bond acceptors (Lipinski definition) is 7. The zero-order chi connectivity index (χ0) is 18.0. The highest BCUT2D eigenvalue weighted by atomic mass is 16.5. The second-order valence-corrected chi connectivity index (χ2v) is 6.69. The number of nitrogens with one attached hydrogen (secondary N) is 1. The summed E-state index contributed by atoms with van der Waals surface area (Å²) in [4.78, 5) is 16.6. The number of likely N-dealkylation sites (tertiary alicyclic amines) is 1. The van der Waals surface area contributed by atoms with Crippen LogP contribution in [0.15, 0.2) is 10.6 Å². The Morgan fingerprint density at radius 2 is 2.24 bits per heavy atom. The minimum atomic E-state index is -0.0690. The molecule has 0 aliphatic carbocycles. The van der Waals surface area contributed by atoms with Gasteiger partial charge in [0.2, 0.25) is 5.91 Å². The molecule has 1 amide bonds. The third-order valence-electron chi connectivity index (χ3n) is 4.71. The zero-order valence-electron chi connectivity index (χ0n) is 15.2. The van der Waals surface area contributed by atoms with Crippen LogP contribution in [0.25, 0.3) is 0 Å². The lowest BCUT2D eigenvalue weighted by Gasteiger charge is -2.24. The number of aromatic nitrogens is 4. The van der Waals surface area contributed by atoms with Crippen molar-refractivity contribution in [2.24, 2.45) is 7.05 Å². The van der Waals surface area contributed by atoms with Crippen LogP contribution < -0.4 is 5.32 Å². The Kier molecular flexibility index (Phi) is 5.14. The van der Waals surface area contributed by atoms with Crippen LogP contribution in [0.5, 0.6) is 0 Å². The van der Waals surface area contributed by atoms with Crippen LogP contribution in [0, 0.1) is 13.8 Å². The Hall–Kier alpha value is -2.26. The van der Waals surface area contributed by atoms with Crippen molar-refractivity contribution < 1.29 is 9.32 Å². The summed E-state index contributed by atoms with van der Waals surface area (Å²) in [6.07, 6.45) is 1.03. The van der Waals surface area contributed by atoms with Gasteiger partial charge in [-0.15, -0.1) is 10.2 Å². The van der Waals surface area contributed by atoms with E-state index in [9.17, 15) is 4.79 Å². The molecule has 1 N–H and O–H groups in total. The topological polar surface area (TPSA) is 92.3 Å². The number of carbonyl (C=O) groups is 1. The molecule has 0 aromatic carbocycles. The molecule has 0 spiro atoms. The van der Waals surface area contributed by atoms with Gasteiger partial charge in [-0.3, -0.25) is 14.6 Å². The maximum Gasteiger partial charge on any atom is 0.239 e. The first-order valence-corrected chi connectivity index (χ1v) is 8.43. The van der Waals surface area contributed by atoms with Gasteiger partial charge >= 0.3 is 0 Å². The number of hydrogen-bond donors (Lipinski definition) is 1. The zero-order valence-corrected chi connectivity index (χ0v) is 15.2.